The van der Waals surface area contributed by atoms with Crippen LogP contribution in [0.2, 0.25) is 0 Å². The molecule has 0 radical (unpaired) electrons. The summed E-state index contributed by atoms with van der Waals surface area (Å²) in [5.74, 6) is -0.485. The van der Waals surface area contributed by atoms with Crippen molar-refractivity contribution in [3.63, 3.8) is 0 Å². The zero-order valence-electron chi connectivity index (χ0n) is 14.2. The highest BCUT2D eigenvalue weighted by Crippen LogP contribution is 2.31. The number of rotatable bonds is 3. The number of nitrogens with one attached hydrogen (secondary N) is 1. The maximum absolute atomic E-state index is 11.5. The zero-order chi connectivity index (χ0) is 17.4. The van der Waals surface area contributed by atoms with Gasteiger partial charge in [-0.25, -0.2) is 5.48 Å². The molecule has 5 nitrogen and oxygen atoms in total. The van der Waals surface area contributed by atoms with Crippen molar-refractivity contribution in [1.29, 1.82) is 0 Å². The Morgan fingerprint density at radius 2 is 1.92 bits per heavy atom. The molecule has 2 N–H and O–H groups in total. The third-order valence-electron chi connectivity index (χ3n) is 5.01. The lowest BCUT2D eigenvalue weighted by molar-refractivity contribution is 0.0706. The summed E-state index contributed by atoms with van der Waals surface area (Å²) in [6.07, 6.45) is 1.89. The Balaban J connectivity index is 1.73. The standard InChI is InChI=1S/C20H21N3O2/c1-22-11-10-19-17(16-4-2-3-5-18(16)23(19)13-22)12-14-6-8-15(9-7-14)20(24)21-25/h2-9,25H,10-13H2,1H3,(H,21,24). The Morgan fingerprint density at radius 3 is 2.68 bits per heavy atom. The molecular formula is C20H21N3O2. The first-order chi connectivity index (χ1) is 12.2. The molecule has 1 aliphatic heterocycles. The molecule has 2 heterocycles. The maximum atomic E-state index is 11.5. The maximum Gasteiger partial charge on any atom is 0.274 e. The first-order valence-electron chi connectivity index (χ1n) is 8.48. The van der Waals surface area contributed by atoms with Gasteiger partial charge in [0.25, 0.3) is 5.91 Å². The third-order valence-corrected chi connectivity index (χ3v) is 5.01. The number of benzene rings is 2. The molecule has 0 saturated carbocycles. The smallest absolute Gasteiger partial charge is 0.274 e. The van der Waals surface area contributed by atoms with Crippen LogP contribution in [0.15, 0.2) is 48.5 Å². The van der Waals surface area contributed by atoms with E-state index in [9.17, 15) is 4.79 Å². The van der Waals surface area contributed by atoms with Crippen molar-refractivity contribution < 1.29 is 10.0 Å². The van der Waals surface area contributed by atoms with E-state index < -0.39 is 5.91 Å². The molecule has 0 saturated heterocycles. The molecule has 0 bridgehead atoms. The van der Waals surface area contributed by atoms with Crippen molar-refractivity contribution in [2.75, 3.05) is 13.6 Å². The highest BCUT2D eigenvalue weighted by Gasteiger charge is 2.21. The van der Waals surface area contributed by atoms with Gasteiger partial charge < -0.3 is 4.57 Å². The van der Waals surface area contributed by atoms with Crippen molar-refractivity contribution in [2.24, 2.45) is 0 Å². The predicted molar refractivity (Wildman–Crippen MR) is 96.8 cm³/mol. The van der Waals surface area contributed by atoms with E-state index in [4.69, 9.17) is 5.21 Å². The number of hydrogen-bond acceptors (Lipinski definition) is 3. The third kappa shape index (κ3) is 2.81. The van der Waals surface area contributed by atoms with Gasteiger partial charge in [0, 0.05) is 35.1 Å². The minimum absolute atomic E-state index is 0.455. The van der Waals surface area contributed by atoms with E-state index in [0.29, 0.717) is 5.56 Å². The number of carbonyl (C=O) groups is 1. The minimum atomic E-state index is -0.485. The molecule has 128 valence electrons. The predicted octanol–water partition coefficient (Wildman–Crippen LogP) is 2.80. The number of fused-ring (bicyclic) bond motifs is 3. The fourth-order valence-electron chi connectivity index (χ4n) is 3.72. The molecule has 5 heteroatoms. The molecule has 0 atom stereocenters. The lowest BCUT2D eigenvalue weighted by atomic mass is 9.99. The summed E-state index contributed by atoms with van der Waals surface area (Å²) < 4.78 is 2.42. The van der Waals surface area contributed by atoms with Crippen molar-refractivity contribution in [3.8, 4) is 0 Å². The van der Waals surface area contributed by atoms with E-state index in [1.807, 2.05) is 12.1 Å². The second kappa shape index (κ2) is 6.35. The van der Waals surface area contributed by atoms with Gasteiger partial charge in [0.1, 0.15) is 0 Å². The zero-order valence-corrected chi connectivity index (χ0v) is 14.2. The van der Waals surface area contributed by atoms with Gasteiger partial charge in [-0.2, -0.15) is 0 Å². The SMILES string of the molecule is CN1CCc2c(Cc3ccc(C(=O)NO)cc3)c3ccccc3n2C1. The first-order valence-corrected chi connectivity index (χ1v) is 8.48. The van der Waals surface area contributed by atoms with Crippen LogP contribution >= 0.6 is 0 Å². The van der Waals surface area contributed by atoms with Gasteiger partial charge in [0.2, 0.25) is 0 Å². The molecule has 1 aliphatic rings. The van der Waals surface area contributed by atoms with Gasteiger partial charge in [-0.15, -0.1) is 0 Å². The van der Waals surface area contributed by atoms with Gasteiger partial charge >= 0.3 is 0 Å². The Morgan fingerprint density at radius 1 is 1.16 bits per heavy atom. The molecule has 0 spiro atoms. The van der Waals surface area contributed by atoms with Gasteiger partial charge in [0.15, 0.2) is 0 Å². The Kier molecular flexibility index (Phi) is 4.03. The average Bonchev–Trinajstić information content (AvgIpc) is 2.95. The summed E-state index contributed by atoms with van der Waals surface area (Å²) >= 11 is 0. The Bertz CT molecular complexity index is 928. The molecular weight excluding hydrogens is 314 g/mol. The number of amides is 1. The van der Waals surface area contributed by atoms with Gasteiger partial charge in [0.05, 0.1) is 6.67 Å². The van der Waals surface area contributed by atoms with Crippen LogP contribution in [0.3, 0.4) is 0 Å². The number of likely N-dealkylation sites (N-methyl/N-ethyl adjacent to an activating group) is 1. The monoisotopic (exact) mass is 335 g/mol. The van der Waals surface area contributed by atoms with Crippen molar-refractivity contribution in [2.45, 2.75) is 19.5 Å². The number of carbonyl (C=O) groups excluding carboxylic acids is 1. The van der Waals surface area contributed by atoms with E-state index in [1.54, 1.807) is 17.6 Å². The Hall–Kier alpha value is -2.63. The second-order valence-corrected chi connectivity index (χ2v) is 6.66. The summed E-state index contributed by atoms with van der Waals surface area (Å²) in [5, 5.41) is 10.0. The molecule has 1 aromatic heterocycles. The summed E-state index contributed by atoms with van der Waals surface area (Å²) in [6.45, 7) is 1.99. The van der Waals surface area contributed by atoms with Crippen molar-refractivity contribution >= 4 is 16.8 Å². The van der Waals surface area contributed by atoms with Crippen LogP contribution in [0.25, 0.3) is 10.9 Å². The summed E-state index contributed by atoms with van der Waals surface area (Å²) in [6, 6.07) is 16.0. The Labute approximate surface area is 146 Å². The molecule has 0 aliphatic carbocycles. The molecule has 1 amide bonds. The van der Waals surface area contributed by atoms with Crippen molar-refractivity contribution in [1.82, 2.24) is 14.9 Å². The topological polar surface area (TPSA) is 57.5 Å². The van der Waals surface area contributed by atoms with Gasteiger partial charge in [-0.05, 0) is 42.8 Å². The summed E-state index contributed by atoms with van der Waals surface area (Å²) in [4.78, 5) is 13.8. The van der Waals surface area contributed by atoms with Crippen LogP contribution in [0, 0.1) is 0 Å². The highest BCUT2D eigenvalue weighted by molar-refractivity contribution is 5.93. The fraction of sp³-hybridized carbons (Fsp3) is 0.250. The minimum Gasteiger partial charge on any atom is -0.331 e. The lowest BCUT2D eigenvalue weighted by Gasteiger charge is -2.26. The van der Waals surface area contributed by atoms with Gasteiger partial charge in [-0.3, -0.25) is 14.9 Å². The fourth-order valence-corrected chi connectivity index (χ4v) is 3.72. The van der Waals surface area contributed by atoms with E-state index in [-0.39, 0.29) is 0 Å². The van der Waals surface area contributed by atoms with Crippen LogP contribution in [-0.4, -0.2) is 34.2 Å². The van der Waals surface area contributed by atoms with Crippen LogP contribution < -0.4 is 5.48 Å². The highest BCUT2D eigenvalue weighted by atomic mass is 16.5. The first kappa shape index (κ1) is 15.9. The normalized spacial score (nSPS) is 14.5. The molecule has 3 aromatic rings. The van der Waals surface area contributed by atoms with Crippen LogP contribution in [0.4, 0.5) is 0 Å². The van der Waals surface area contributed by atoms with Crippen LogP contribution in [-0.2, 0) is 19.5 Å². The number of para-hydroxylation sites is 1. The average molecular weight is 335 g/mol. The molecule has 0 unspecified atom stereocenters. The van der Waals surface area contributed by atoms with Crippen molar-refractivity contribution in [3.05, 3.63) is 70.9 Å². The summed E-state index contributed by atoms with van der Waals surface area (Å²) in [7, 11) is 2.16. The number of nitrogens with zero attached hydrogens (tertiary/aromatic N) is 2. The second-order valence-electron chi connectivity index (χ2n) is 6.66. The van der Waals surface area contributed by atoms with E-state index in [1.165, 1.54) is 22.2 Å². The number of aromatic nitrogens is 1. The number of hydrogen-bond donors (Lipinski definition) is 2. The quantitative estimate of drug-likeness (QED) is 0.572. The van der Waals surface area contributed by atoms with E-state index in [2.05, 4.69) is 40.8 Å². The summed E-state index contributed by atoms with van der Waals surface area (Å²) in [5.41, 5.74) is 7.36. The molecule has 25 heavy (non-hydrogen) atoms. The van der Waals surface area contributed by atoms with Crippen LogP contribution in [0.1, 0.15) is 27.2 Å². The lowest BCUT2D eigenvalue weighted by Crippen LogP contribution is -2.31. The van der Waals surface area contributed by atoms with Gasteiger partial charge in [-0.1, -0.05) is 30.3 Å². The van der Waals surface area contributed by atoms with E-state index >= 15 is 0 Å². The van der Waals surface area contributed by atoms with Crippen LogP contribution in [0.5, 0.6) is 0 Å². The largest absolute Gasteiger partial charge is 0.331 e. The molecule has 2 aromatic carbocycles. The van der Waals surface area contributed by atoms with E-state index in [0.717, 1.165) is 31.6 Å². The molecule has 4 rings (SSSR count). The molecule has 0 fully saturated rings. The number of hydroxylamine groups is 1.